The highest BCUT2D eigenvalue weighted by Gasteiger charge is 2.34. The maximum Gasteiger partial charge on any atom is 0.334 e. The Morgan fingerprint density at radius 2 is 2.05 bits per heavy atom. The van der Waals surface area contributed by atoms with Crippen LogP contribution in [0.1, 0.15) is 0 Å². The molecule has 1 aromatic carbocycles. The van der Waals surface area contributed by atoms with Gasteiger partial charge in [-0.15, -0.1) is 0 Å². The lowest BCUT2D eigenvalue weighted by molar-refractivity contribution is -0.153. The van der Waals surface area contributed by atoms with E-state index in [1.165, 1.54) is 18.2 Å². The Balaban J connectivity index is 2.29. The molecule has 1 saturated heterocycles. The van der Waals surface area contributed by atoms with Crippen molar-refractivity contribution in [2.24, 2.45) is 0 Å². The van der Waals surface area contributed by atoms with Crippen LogP contribution < -0.4 is 0 Å². The summed E-state index contributed by atoms with van der Waals surface area (Å²) in [6, 6.07) is 3.95. The van der Waals surface area contributed by atoms with Crippen molar-refractivity contribution in [1.82, 2.24) is 4.31 Å². The van der Waals surface area contributed by atoms with Crippen LogP contribution >= 0.6 is 23.2 Å². The third-order valence-electron chi connectivity index (χ3n) is 2.83. The summed E-state index contributed by atoms with van der Waals surface area (Å²) in [6.45, 7) is -0.123. The van der Waals surface area contributed by atoms with Gasteiger partial charge >= 0.3 is 5.97 Å². The minimum atomic E-state index is -3.82. The Kier molecular flexibility index (Phi) is 4.55. The molecule has 0 aromatic heterocycles. The van der Waals surface area contributed by atoms with E-state index >= 15 is 0 Å². The largest absolute Gasteiger partial charge is 0.479 e. The lowest BCUT2D eigenvalue weighted by Crippen LogP contribution is -2.48. The van der Waals surface area contributed by atoms with Crippen LogP contribution in [0.15, 0.2) is 23.1 Å². The van der Waals surface area contributed by atoms with E-state index in [0.717, 1.165) is 4.31 Å². The molecule has 0 aliphatic carbocycles. The molecule has 0 saturated carbocycles. The van der Waals surface area contributed by atoms with Crippen molar-refractivity contribution in [2.45, 2.75) is 11.0 Å². The predicted octanol–water partition coefficient (Wildman–Crippen LogP) is 1.47. The second-order valence-electron chi connectivity index (χ2n) is 4.14. The van der Waals surface area contributed by atoms with E-state index in [1.54, 1.807) is 0 Å². The molecule has 1 atom stereocenters. The zero-order valence-electron chi connectivity index (χ0n) is 10.1. The molecule has 1 aliphatic heterocycles. The van der Waals surface area contributed by atoms with Crippen LogP contribution in [0.4, 0.5) is 0 Å². The van der Waals surface area contributed by atoms with Gasteiger partial charge in [-0.05, 0) is 18.2 Å². The number of sulfonamides is 1. The lowest BCUT2D eigenvalue weighted by atomic mass is 10.3. The number of morpholine rings is 1. The SMILES string of the molecule is O=C(O)C1CN(S(=O)(=O)c2ccc(Cl)c(Cl)c2)CCO1. The summed E-state index contributed by atoms with van der Waals surface area (Å²) >= 11 is 11.5. The monoisotopic (exact) mass is 339 g/mol. The molecule has 20 heavy (non-hydrogen) atoms. The van der Waals surface area contributed by atoms with Crippen LogP contribution in [-0.4, -0.2) is 49.6 Å². The number of halogens is 2. The molecule has 1 fully saturated rings. The number of hydrogen-bond acceptors (Lipinski definition) is 4. The topological polar surface area (TPSA) is 83.9 Å². The summed E-state index contributed by atoms with van der Waals surface area (Å²) < 4.78 is 30.8. The highest BCUT2D eigenvalue weighted by Crippen LogP contribution is 2.27. The average Bonchev–Trinajstić information content (AvgIpc) is 2.42. The summed E-state index contributed by atoms with van der Waals surface area (Å²) in [6.07, 6.45) is -1.17. The number of hydrogen-bond donors (Lipinski definition) is 1. The molecule has 1 aliphatic rings. The van der Waals surface area contributed by atoms with Crippen LogP contribution in [0.2, 0.25) is 10.0 Å². The predicted molar refractivity (Wildman–Crippen MR) is 72.6 cm³/mol. The van der Waals surface area contributed by atoms with Gasteiger partial charge in [0.2, 0.25) is 10.0 Å². The number of nitrogens with zero attached hydrogens (tertiary/aromatic N) is 1. The van der Waals surface area contributed by atoms with E-state index in [1.807, 2.05) is 0 Å². The van der Waals surface area contributed by atoms with Crippen molar-refractivity contribution in [3.8, 4) is 0 Å². The number of benzene rings is 1. The molecule has 0 spiro atoms. The fourth-order valence-electron chi connectivity index (χ4n) is 1.78. The summed E-state index contributed by atoms with van der Waals surface area (Å²) in [5.41, 5.74) is 0. The molecular formula is C11H11Cl2NO5S. The minimum absolute atomic E-state index is 0.0253. The quantitative estimate of drug-likeness (QED) is 0.901. The Hall–Kier alpha value is -0.860. The second-order valence-corrected chi connectivity index (χ2v) is 6.89. The first-order chi connectivity index (χ1) is 9.32. The molecule has 0 radical (unpaired) electrons. The average molecular weight is 340 g/mol. The lowest BCUT2D eigenvalue weighted by Gasteiger charge is -2.30. The van der Waals surface area contributed by atoms with Crippen LogP contribution in [0.25, 0.3) is 0 Å². The third-order valence-corrected chi connectivity index (χ3v) is 5.43. The Morgan fingerprint density at radius 1 is 1.35 bits per heavy atom. The summed E-state index contributed by atoms with van der Waals surface area (Å²) in [4.78, 5) is 10.8. The van der Waals surface area contributed by atoms with Gasteiger partial charge in [0, 0.05) is 6.54 Å². The van der Waals surface area contributed by atoms with E-state index in [-0.39, 0.29) is 34.6 Å². The molecule has 1 N–H and O–H groups in total. The van der Waals surface area contributed by atoms with Gasteiger partial charge in [0.25, 0.3) is 0 Å². The van der Waals surface area contributed by atoms with Gasteiger partial charge in [0.05, 0.1) is 28.1 Å². The number of aliphatic carboxylic acids is 1. The Morgan fingerprint density at radius 3 is 2.65 bits per heavy atom. The van der Waals surface area contributed by atoms with Crippen molar-refractivity contribution >= 4 is 39.2 Å². The van der Waals surface area contributed by atoms with E-state index in [0.29, 0.717) is 0 Å². The first-order valence-electron chi connectivity index (χ1n) is 5.62. The number of carboxylic acids is 1. The summed E-state index contributed by atoms with van der Waals surface area (Å²) in [7, 11) is -3.82. The Labute approximate surface area is 125 Å². The summed E-state index contributed by atoms with van der Waals surface area (Å²) in [5.74, 6) is -1.20. The van der Waals surface area contributed by atoms with Crippen LogP contribution in [-0.2, 0) is 19.6 Å². The van der Waals surface area contributed by atoms with Gasteiger partial charge in [-0.1, -0.05) is 23.2 Å². The van der Waals surface area contributed by atoms with E-state index in [9.17, 15) is 13.2 Å². The molecule has 0 bridgehead atoms. The fraction of sp³-hybridized carbons (Fsp3) is 0.364. The summed E-state index contributed by atoms with van der Waals surface area (Å²) in [5, 5.41) is 9.26. The van der Waals surface area contributed by atoms with Gasteiger partial charge in [-0.3, -0.25) is 0 Å². The maximum atomic E-state index is 12.4. The normalized spacial score (nSPS) is 20.8. The minimum Gasteiger partial charge on any atom is -0.479 e. The molecule has 1 aromatic rings. The number of rotatable bonds is 3. The zero-order chi connectivity index (χ0) is 14.9. The van der Waals surface area contributed by atoms with Crippen LogP contribution in [0, 0.1) is 0 Å². The van der Waals surface area contributed by atoms with Gasteiger partial charge in [-0.2, -0.15) is 4.31 Å². The maximum absolute atomic E-state index is 12.4. The molecular weight excluding hydrogens is 329 g/mol. The number of carbonyl (C=O) groups is 1. The van der Waals surface area contributed by atoms with E-state index in [4.69, 9.17) is 33.0 Å². The molecule has 0 amide bonds. The highest BCUT2D eigenvalue weighted by atomic mass is 35.5. The Bertz CT molecular complexity index is 634. The standard InChI is InChI=1S/C11H11Cl2NO5S/c12-8-2-1-7(5-9(8)13)20(17,18)14-3-4-19-10(6-14)11(15)16/h1-2,5,10H,3-4,6H2,(H,15,16). The van der Waals surface area contributed by atoms with Gasteiger partial charge in [0.1, 0.15) is 0 Å². The van der Waals surface area contributed by atoms with Crippen molar-refractivity contribution in [1.29, 1.82) is 0 Å². The number of carboxylic acid groups (broad SMARTS) is 1. The number of ether oxygens (including phenoxy) is 1. The third kappa shape index (κ3) is 3.07. The van der Waals surface area contributed by atoms with Gasteiger partial charge < -0.3 is 9.84 Å². The second kappa shape index (κ2) is 5.87. The van der Waals surface area contributed by atoms with Crippen molar-refractivity contribution in [3.63, 3.8) is 0 Å². The van der Waals surface area contributed by atoms with Gasteiger partial charge in [-0.25, -0.2) is 13.2 Å². The van der Waals surface area contributed by atoms with E-state index in [2.05, 4.69) is 0 Å². The molecule has 110 valence electrons. The van der Waals surface area contributed by atoms with Crippen LogP contribution in [0.3, 0.4) is 0 Å². The highest BCUT2D eigenvalue weighted by molar-refractivity contribution is 7.89. The van der Waals surface area contributed by atoms with E-state index < -0.39 is 22.1 Å². The molecule has 9 heteroatoms. The van der Waals surface area contributed by atoms with Gasteiger partial charge in [0.15, 0.2) is 6.10 Å². The van der Waals surface area contributed by atoms with Crippen LogP contribution in [0.5, 0.6) is 0 Å². The van der Waals surface area contributed by atoms with Crippen molar-refractivity contribution < 1.29 is 23.1 Å². The van der Waals surface area contributed by atoms with Crippen molar-refractivity contribution in [2.75, 3.05) is 19.7 Å². The first-order valence-corrected chi connectivity index (χ1v) is 7.81. The smallest absolute Gasteiger partial charge is 0.334 e. The molecule has 1 heterocycles. The fourth-order valence-corrected chi connectivity index (χ4v) is 3.59. The first kappa shape index (κ1) is 15.5. The molecule has 6 nitrogen and oxygen atoms in total. The van der Waals surface area contributed by atoms with Crippen molar-refractivity contribution in [3.05, 3.63) is 28.2 Å². The zero-order valence-corrected chi connectivity index (χ0v) is 12.5. The molecule has 1 unspecified atom stereocenters. The molecule has 2 rings (SSSR count).